The standard InChI is InChI=1S/C33H46N4O3/c1-8-11-31(40-7)28(10-3)25(9-2)20-34-32-24(6)18-27(21-35-32)26-12-13-30(38)29(19-26)33(39)37-16-14-36(15-17-37)22-23(4)5/h10-13,18-21,23,38H,8-9,14-17,22H2,1-7H3,(H,34,35)/b25-20+,28-10-,31-11+. The molecule has 1 aliphatic heterocycles. The van der Waals surface area contributed by atoms with Gasteiger partial charge in [-0.2, -0.15) is 0 Å². The van der Waals surface area contributed by atoms with Crippen LogP contribution in [0.5, 0.6) is 5.75 Å². The number of nitrogens with one attached hydrogen (secondary N) is 1. The van der Waals surface area contributed by atoms with Crippen molar-refractivity contribution in [2.24, 2.45) is 5.92 Å². The molecular formula is C33H46N4O3. The second-order valence-electron chi connectivity index (χ2n) is 10.7. The monoisotopic (exact) mass is 546 g/mol. The van der Waals surface area contributed by atoms with E-state index in [1.807, 2.05) is 37.1 Å². The molecular weight excluding hydrogens is 500 g/mol. The lowest BCUT2D eigenvalue weighted by atomic mass is 10.0. The van der Waals surface area contributed by atoms with Crippen molar-refractivity contribution in [3.8, 4) is 16.9 Å². The summed E-state index contributed by atoms with van der Waals surface area (Å²) in [4.78, 5) is 22.2. The number of piperazine rings is 1. The summed E-state index contributed by atoms with van der Waals surface area (Å²) in [6.07, 6.45) is 9.68. The number of allylic oxidation sites excluding steroid dienone is 3. The number of benzene rings is 1. The van der Waals surface area contributed by atoms with E-state index in [1.54, 1.807) is 25.4 Å². The molecule has 7 nitrogen and oxygen atoms in total. The SMILES string of the molecule is C/C=C(C(=C/Nc1ncc(-c2ccc(O)c(C(=O)N3CCN(CC(C)C)CC3)c2)cc1C)/CC)\C(=C/CC)OC. The van der Waals surface area contributed by atoms with Crippen LogP contribution in [0.15, 0.2) is 65.7 Å². The summed E-state index contributed by atoms with van der Waals surface area (Å²) in [5, 5.41) is 13.9. The number of pyridine rings is 1. The van der Waals surface area contributed by atoms with Gasteiger partial charge in [0.15, 0.2) is 0 Å². The molecule has 0 bridgehead atoms. The zero-order valence-electron chi connectivity index (χ0n) is 25.3. The minimum Gasteiger partial charge on any atom is -0.507 e. The molecule has 2 heterocycles. The number of phenols is 1. The number of phenolic OH excluding ortho intramolecular Hbond substituents is 1. The molecule has 0 saturated carbocycles. The number of nitrogens with zero attached hydrogens (tertiary/aromatic N) is 3. The Hall–Kier alpha value is -3.58. The van der Waals surface area contributed by atoms with Gasteiger partial charge in [0.1, 0.15) is 17.3 Å². The number of hydrogen-bond acceptors (Lipinski definition) is 6. The Morgan fingerprint density at radius 3 is 2.45 bits per heavy atom. The van der Waals surface area contributed by atoms with Crippen LogP contribution in [-0.4, -0.2) is 65.6 Å². The summed E-state index contributed by atoms with van der Waals surface area (Å²) in [7, 11) is 1.70. The van der Waals surface area contributed by atoms with Gasteiger partial charge in [-0.1, -0.05) is 39.8 Å². The van der Waals surface area contributed by atoms with Gasteiger partial charge >= 0.3 is 0 Å². The average Bonchev–Trinajstić information content (AvgIpc) is 2.95. The number of ether oxygens (including phenoxy) is 1. The Morgan fingerprint density at radius 2 is 1.88 bits per heavy atom. The molecule has 40 heavy (non-hydrogen) atoms. The summed E-state index contributed by atoms with van der Waals surface area (Å²) in [6, 6.07) is 7.26. The van der Waals surface area contributed by atoms with Gasteiger partial charge < -0.3 is 20.1 Å². The predicted molar refractivity (Wildman–Crippen MR) is 164 cm³/mol. The van der Waals surface area contributed by atoms with Crippen molar-refractivity contribution in [2.75, 3.05) is 45.2 Å². The molecule has 216 valence electrons. The van der Waals surface area contributed by atoms with Crippen LogP contribution in [0.2, 0.25) is 0 Å². The Labute approximate surface area is 240 Å². The van der Waals surface area contributed by atoms with Gasteiger partial charge in [0.05, 0.1) is 12.7 Å². The summed E-state index contributed by atoms with van der Waals surface area (Å²) in [5.41, 5.74) is 5.23. The molecule has 0 aliphatic carbocycles. The van der Waals surface area contributed by atoms with Crippen LogP contribution in [0.1, 0.15) is 63.4 Å². The largest absolute Gasteiger partial charge is 0.507 e. The fourth-order valence-electron chi connectivity index (χ4n) is 5.09. The number of anilines is 1. The predicted octanol–water partition coefficient (Wildman–Crippen LogP) is 6.77. The average molecular weight is 547 g/mol. The van der Waals surface area contributed by atoms with Gasteiger partial charge in [-0.3, -0.25) is 9.69 Å². The fraction of sp³-hybridized carbons (Fsp3) is 0.455. The smallest absolute Gasteiger partial charge is 0.257 e. The maximum absolute atomic E-state index is 13.3. The van der Waals surface area contributed by atoms with Crippen molar-refractivity contribution < 1.29 is 14.6 Å². The molecule has 1 saturated heterocycles. The number of rotatable bonds is 11. The van der Waals surface area contributed by atoms with Gasteiger partial charge in [0.2, 0.25) is 0 Å². The van der Waals surface area contributed by atoms with Crippen molar-refractivity contribution >= 4 is 11.7 Å². The number of carbonyl (C=O) groups is 1. The summed E-state index contributed by atoms with van der Waals surface area (Å²) in [5.74, 6) is 2.11. The number of methoxy groups -OCH3 is 1. The second kappa shape index (κ2) is 14.7. The maximum Gasteiger partial charge on any atom is 0.257 e. The second-order valence-corrected chi connectivity index (χ2v) is 10.7. The van der Waals surface area contributed by atoms with Crippen LogP contribution in [-0.2, 0) is 4.74 Å². The Kier molecular flexibility index (Phi) is 11.4. The third-order valence-corrected chi connectivity index (χ3v) is 7.19. The highest BCUT2D eigenvalue weighted by molar-refractivity contribution is 5.98. The summed E-state index contributed by atoms with van der Waals surface area (Å²) >= 11 is 0. The first kappa shape index (κ1) is 31.0. The molecule has 2 N–H and O–H groups in total. The van der Waals surface area contributed by atoms with Crippen molar-refractivity contribution in [3.05, 3.63) is 76.8 Å². The van der Waals surface area contributed by atoms with E-state index in [0.717, 1.165) is 71.9 Å². The van der Waals surface area contributed by atoms with E-state index >= 15 is 0 Å². The van der Waals surface area contributed by atoms with Crippen LogP contribution in [0.4, 0.5) is 5.82 Å². The molecule has 1 aromatic heterocycles. The Morgan fingerprint density at radius 1 is 1.15 bits per heavy atom. The summed E-state index contributed by atoms with van der Waals surface area (Å²) in [6.45, 7) is 16.7. The van der Waals surface area contributed by atoms with Gasteiger partial charge in [0.25, 0.3) is 5.91 Å². The van der Waals surface area contributed by atoms with Gasteiger partial charge in [0, 0.05) is 56.3 Å². The Bertz CT molecular complexity index is 1250. The molecule has 1 amide bonds. The lowest BCUT2D eigenvalue weighted by Crippen LogP contribution is -2.49. The van der Waals surface area contributed by atoms with E-state index in [-0.39, 0.29) is 11.7 Å². The first-order valence-electron chi connectivity index (χ1n) is 14.4. The number of hydrogen-bond donors (Lipinski definition) is 2. The summed E-state index contributed by atoms with van der Waals surface area (Å²) < 4.78 is 5.62. The van der Waals surface area contributed by atoms with E-state index in [4.69, 9.17) is 4.74 Å². The van der Waals surface area contributed by atoms with E-state index in [0.29, 0.717) is 24.6 Å². The fourth-order valence-corrected chi connectivity index (χ4v) is 5.09. The number of aromatic hydroxyl groups is 1. The van der Waals surface area contributed by atoms with Gasteiger partial charge in [-0.05, 0) is 73.6 Å². The zero-order chi connectivity index (χ0) is 29.2. The molecule has 3 rings (SSSR count). The molecule has 2 aromatic rings. The van der Waals surface area contributed by atoms with E-state index in [1.165, 1.54) is 0 Å². The van der Waals surface area contributed by atoms with Crippen LogP contribution >= 0.6 is 0 Å². The molecule has 1 aromatic carbocycles. The number of aromatic nitrogens is 1. The molecule has 1 fully saturated rings. The minimum absolute atomic E-state index is 0.00546. The van der Waals surface area contributed by atoms with Crippen molar-refractivity contribution in [3.63, 3.8) is 0 Å². The van der Waals surface area contributed by atoms with Crippen molar-refractivity contribution in [1.82, 2.24) is 14.8 Å². The third-order valence-electron chi connectivity index (χ3n) is 7.19. The quantitative estimate of drug-likeness (QED) is 0.239. The minimum atomic E-state index is -0.129. The zero-order valence-corrected chi connectivity index (χ0v) is 25.3. The van der Waals surface area contributed by atoms with Gasteiger partial charge in [-0.25, -0.2) is 4.98 Å². The normalized spacial score (nSPS) is 15.5. The van der Waals surface area contributed by atoms with Crippen molar-refractivity contribution in [2.45, 2.75) is 54.4 Å². The molecule has 0 radical (unpaired) electrons. The first-order valence-corrected chi connectivity index (χ1v) is 14.4. The molecule has 1 aliphatic rings. The lowest BCUT2D eigenvalue weighted by Gasteiger charge is -2.35. The Balaban J connectivity index is 1.78. The van der Waals surface area contributed by atoms with E-state index < -0.39 is 0 Å². The topological polar surface area (TPSA) is 77.9 Å². The number of carbonyl (C=O) groups excluding carboxylic acids is 1. The molecule has 0 unspecified atom stereocenters. The first-order chi connectivity index (χ1) is 19.2. The van der Waals surface area contributed by atoms with Crippen molar-refractivity contribution in [1.29, 1.82) is 0 Å². The van der Waals surface area contributed by atoms with Crippen LogP contribution < -0.4 is 5.32 Å². The highest BCUT2D eigenvalue weighted by Crippen LogP contribution is 2.29. The van der Waals surface area contributed by atoms with E-state index in [2.05, 4.69) is 55.0 Å². The highest BCUT2D eigenvalue weighted by Gasteiger charge is 2.24. The van der Waals surface area contributed by atoms with Crippen LogP contribution in [0.3, 0.4) is 0 Å². The third kappa shape index (κ3) is 7.75. The number of amides is 1. The molecule has 0 atom stereocenters. The number of aryl methyl sites for hydroxylation is 1. The van der Waals surface area contributed by atoms with E-state index in [9.17, 15) is 9.90 Å². The van der Waals surface area contributed by atoms with Gasteiger partial charge in [-0.15, -0.1) is 0 Å². The maximum atomic E-state index is 13.3. The van der Waals surface area contributed by atoms with Crippen LogP contribution in [0, 0.1) is 12.8 Å². The molecule has 7 heteroatoms. The molecule has 0 spiro atoms. The highest BCUT2D eigenvalue weighted by atomic mass is 16.5. The van der Waals surface area contributed by atoms with Crippen LogP contribution in [0.25, 0.3) is 11.1 Å². The lowest BCUT2D eigenvalue weighted by molar-refractivity contribution is 0.0621.